The second kappa shape index (κ2) is 10.1. The van der Waals surface area contributed by atoms with Crippen molar-refractivity contribution in [2.45, 2.75) is 31.7 Å². The molecule has 0 bridgehead atoms. The number of hydrogen-bond acceptors (Lipinski definition) is 7. The number of hydrogen-bond donors (Lipinski definition) is 2. The van der Waals surface area contributed by atoms with Crippen LogP contribution in [0.3, 0.4) is 0 Å². The highest BCUT2D eigenvalue weighted by Crippen LogP contribution is 2.35. The number of hydrazone groups is 1. The molecule has 2 heterocycles. The molecule has 2 aromatic rings. The average Bonchev–Trinajstić information content (AvgIpc) is 3.15. The molecule has 4 rings (SSSR count). The van der Waals surface area contributed by atoms with Gasteiger partial charge in [-0.25, -0.2) is 14.9 Å². The van der Waals surface area contributed by atoms with Crippen LogP contribution in [-0.2, 0) is 9.53 Å². The molecule has 1 aliphatic heterocycles. The highest BCUT2D eigenvalue weighted by atomic mass is 79.9. The van der Waals surface area contributed by atoms with Crippen molar-refractivity contribution in [3.8, 4) is 5.06 Å². The van der Waals surface area contributed by atoms with Gasteiger partial charge in [-0.05, 0) is 78.0 Å². The van der Waals surface area contributed by atoms with Crippen molar-refractivity contribution in [3.63, 3.8) is 0 Å². The Morgan fingerprint density at radius 3 is 2.74 bits per heavy atom. The quantitative estimate of drug-likeness (QED) is 0.410. The minimum Gasteiger partial charge on any atom is -0.399 e. The van der Waals surface area contributed by atoms with Gasteiger partial charge in [0.25, 0.3) is 0 Å². The molecule has 2 fully saturated rings. The number of amides is 2. The molecule has 2 aliphatic rings. The second-order valence-corrected chi connectivity index (χ2v) is 10.3. The zero-order chi connectivity index (χ0) is 24.3. The van der Waals surface area contributed by atoms with E-state index in [4.69, 9.17) is 9.47 Å². The first kappa shape index (κ1) is 24.1. The van der Waals surface area contributed by atoms with E-state index in [9.17, 15) is 19.7 Å². The van der Waals surface area contributed by atoms with E-state index in [0.717, 1.165) is 21.5 Å². The molecule has 13 heteroatoms. The number of halogens is 1. The van der Waals surface area contributed by atoms with E-state index in [1.165, 1.54) is 11.3 Å². The predicted molar refractivity (Wildman–Crippen MR) is 130 cm³/mol. The smallest absolute Gasteiger partial charge is 0.399 e. The summed E-state index contributed by atoms with van der Waals surface area (Å²) in [7, 11) is 0. The number of amidine groups is 1. The van der Waals surface area contributed by atoms with Gasteiger partial charge in [-0.15, -0.1) is 0 Å². The number of thiophene rings is 1. The molecule has 34 heavy (non-hydrogen) atoms. The van der Waals surface area contributed by atoms with Crippen LogP contribution in [0.25, 0.3) is 0 Å². The molecule has 0 unspecified atom stereocenters. The molecule has 1 aromatic carbocycles. The number of ether oxygens (including phenoxy) is 2. The first-order chi connectivity index (χ1) is 16.3. The first-order valence-corrected chi connectivity index (χ1v) is 12.1. The van der Waals surface area contributed by atoms with Crippen LogP contribution < -0.4 is 20.3 Å². The first-order valence-electron chi connectivity index (χ1n) is 10.5. The molecular weight excluding hydrogens is 530 g/mol. The molecule has 2 amide bonds. The Labute approximate surface area is 207 Å². The Hall–Kier alpha value is -3.03. The van der Waals surface area contributed by atoms with Crippen molar-refractivity contribution in [1.29, 1.82) is 0 Å². The van der Waals surface area contributed by atoms with Crippen LogP contribution in [0.1, 0.15) is 24.8 Å². The van der Waals surface area contributed by atoms with Gasteiger partial charge in [-0.2, -0.15) is 0 Å². The fourth-order valence-electron chi connectivity index (χ4n) is 3.85. The fraction of sp³-hybridized carbons (Fsp3) is 0.381. The van der Waals surface area contributed by atoms with Crippen LogP contribution in [0.4, 0.5) is 16.2 Å². The largest absolute Gasteiger partial charge is 0.414 e. The molecule has 1 aliphatic carbocycles. The van der Waals surface area contributed by atoms with E-state index >= 15 is 0 Å². The van der Waals surface area contributed by atoms with Crippen LogP contribution in [0.15, 0.2) is 39.2 Å². The third-order valence-corrected chi connectivity index (χ3v) is 7.17. The summed E-state index contributed by atoms with van der Waals surface area (Å²) in [4.78, 5) is 38.0. The average molecular weight is 552 g/mol. The van der Waals surface area contributed by atoms with Crippen molar-refractivity contribution < 1.29 is 24.1 Å². The molecule has 2 N–H and O–H groups in total. The molecule has 1 saturated carbocycles. The number of aryl methyl sites for hydroxylation is 1. The van der Waals surface area contributed by atoms with Crippen molar-refractivity contribution >= 4 is 56.5 Å². The third-order valence-electron chi connectivity index (χ3n) is 5.67. The SMILES string of the molecule is Cc1cc(NC(=O)C2(NC(=O)Oc3ccc(Br)s3)CCC2)ccc1N1CCOCC1=N[N+](=O)[O-]. The summed E-state index contributed by atoms with van der Waals surface area (Å²) in [5.41, 5.74) is 1.06. The maximum atomic E-state index is 13.1. The van der Waals surface area contributed by atoms with Crippen LogP contribution >= 0.6 is 27.3 Å². The molecular formula is C21H22BrN5O6S. The minimum atomic E-state index is -1.03. The molecule has 11 nitrogen and oxygen atoms in total. The van der Waals surface area contributed by atoms with Crippen molar-refractivity contribution in [1.82, 2.24) is 5.32 Å². The summed E-state index contributed by atoms with van der Waals surface area (Å²) in [6, 6.07) is 8.71. The third kappa shape index (κ3) is 5.37. The van der Waals surface area contributed by atoms with Crippen LogP contribution in [-0.4, -0.2) is 48.2 Å². The lowest BCUT2D eigenvalue weighted by molar-refractivity contribution is -0.485. The van der Waals surface area contributed by atoms with Gasteiger partial charge in [0.15, 0.2) is 10.1 Å². The van der Waals surface area contributed by atoms with Gasteiger partial charge in [-0.1, -0.05) is 11.3 Å². The number of rotatable bonds is 6. The topological polar surface area (TPSA) is 135 Å². The van der Waals surface area contributed by atoms with E-state index in [-0.39, 0.29) is 18.3 Å². The lowest BCUT2D eigenvalue weighted by atomic mass is 9.76. The summed E-state index contributed by atoms with van der Waals surface area (Å²) >= 11 is 4.59. The summed E-state index contributed by atoms with van der Waals surface area (Å²) in [6.07, 6.45) is 1.15. The maximum Gasteiger partial charge on any atom is 0.414 e. The van der Waals surface area contributed by atoms with Gasteiger partial charge < -0.3 is 25.0 Å². The van der Waals surface area contributed by atoms with Crippen molar-refractivity contribution in [3.05, 3.63) is 49.8 Å². The van der Waals surface area contributed by atoms with E-state index < -0.39 is 16.7 Å². The van der Waals surface area contributed by atoms with E-state index in [1.54, 1.807) is 35.2 Å². The number of benzene rings is 1. The van der Waals surface area contributed by atoms with Crippen molar-refractivity contribution in [2.24, 2.45) is 5.10 Å². The highest BCUT2D eigenvalue weighted by molar-refractivity contribution is 9.11. The second-order valence-electron chi connectivity index (χ2n) is 7.92. The Balaban J connectivity index is 1.44. The van der Waals surface area contributed by atoms with Gasteiger partial charge in [0.2, 0.25) is 11.7 Å². The lowest BCUT2D eigenvalue weighted by Crippen LogP contribution is -2.61. The van der Waals surface area contributed by atoms with Gasteiger partial charge in [0, 0.05) is 17.9 Å². The predicted octanol–water partition coefficient (Wildman–Crippen LogP) is 3.90. The highest BCUT2D eigenvalue weighted by Gasteiger charge is 2.46. The number of anilines is 2. The number of morpholine rings is 1. The lowest BCUT2D eigenvalue weighted by Gasteiger charge is -2.40. The monoisotopic (exact) mass is 551 g/mol. The molecule has 1 aromatic heterocycles. The number of carbonyl (C=O) groups is 2. The minimum absolute atomic E-state index is 0.0472. The van der Waals surface area contributed by atoms with Gasteiger partial charge >= 0.3 is 6.09 Å². The Morgan fingerprint density at radius 1 is 1.32 bits per heavy atom. The number of nitro groups is 1. The van der Waals surface area contributed by atoms with Gasteiger partial charge in [0.05, 0.1) is 15.5 Å². The maximum absolute atomic E-state index is 13.1. The zero-order valence-corrected chi connectivity index (χ0v) is 20.6. The van der Waals surface area contributed by atoms with E-state index in [1.807, 2.05) is 6.92 Å². The van der Waals surface area contributed by atoms with E-state index in [2.05, 4.69) is 31.7 Å². The molecule has 0 radical (unpaired) electrons. The van der Waals surface area contributed by atoms with Crippen LogP contribution in [0.2, 0.25) is 0 Å². The molecule has 1 saturated heterocycles. The Morgan fingerprint density at radius 2 is 2.12 bits per heavy atom. The summed E-state index contributed by atoms with van der Waals surface area (Å²) in [6.45, 7) is 2.74. The zero-order valence-electron chi connectivity index (χ0n) is 18.2. The summed E-state index contributed by atoms with van der Waals surface area (Å²) in [5, 5.41) is 19.6. The Kier molecular flexibility index (Phi) is 7.14. The summed E-state index contributed by atoms with van der Waals surface area (Å²) in [5.74, 6) is -0.109. The molecule has 0 atom stereocenters. The van der Waals surface area contributed by atoms with Crippen LogP contribution in [0.5, 0.6) is 5.06 Å². The number of nitrogens with one attached hydrogen (secondary N) is 2. The molecule has 0 spiro atoms. The standard InChI is InChI=1S/C21H22BrN5O6S/c1-13-11-14(3-4-15(13)26-9-10-32-12-17(26)25-27(30)31)23-19(28)21(7-2-8-21)24-20(29)33-18-6-5-16(22)34-18/h3-6,11H,2,7-10,12H2,1H3,(H,23,28)(H,24,29). The normalized spacial score (nSPS) is 18.2. The van der Waals surface area contributed by atoms with Gasteiger partial charge in [0.1, 0.15) is 12.1 Å². The fourth-order valence-corrected chi connectivity index (χ4v) is 5.05. The number of carbonyl (C=O) groups excluding carboxylic acids is 2. The van der Waals surface area contributed by atoms with E-state index in [0.29, 0.717) is 36.7 Å². The summed E-state index contributed by atoms with van der Waals surface area (Å²) < 4.78 is 11.4. The van der Waals surface area contributed by atoms with Crippen molar-refractivity contribution in [2.75, 3.05) is 30.0 Å². The number of nitrogens with zero attached hydrogens (tertiary/aromatic N) is 3. The van der Waals surface area contributed by atoms with Gasteiger partial charge in [-0.3, -0.25) is 4.79 Å². The van der Waals surface area contributed by atoms with Crippen LogP contribution in [0, 0.1) is 17.0 Å². The Bertz CT molecular complexity index is 1150. The molecule has 180 valence electrons.